The van der Waals surface area contributed by atoms with Crippen LogP contribution in [0.1, 0.15) is 13.3 Å². The summed E-state index contributed by atoms with van der Waals surface area (Å²) in [6.45, 7) is 2.31. The molecule has 148 valence electrons. The zero-order valence-electron chi connectivity index (χ0n) is 15.5. The molecule has 0 unspecified atom stereocenters. The molecule has 1 heterocycles. The smallest absolute Gasteiger partial charge is 0.323 e. The lowest BCUT2D eigenvalue weighted by molar-refractivity contribution is -0.116. The highest BCUT2D eigenvalue weighted by molar-refractivity contribution is 7.90. The Bertz CT molecular complexity index is 1210. The van der Waals surface area contributed by atoms with Gasteiger partial charge in [-0.25, -0.2) is 13.2 Å². The normalized spacial score (nSPS) is 11.7. The Morgan fingerprint density at radius 1 is 1.11 bits per heavy atom. The maximum atomic E-state index is 12.8. The van der Waals surface area contributed by atoms with E-state index in [9.17, 15) is 18.0 Å². The van der Waals surface area contributed by atoms with Gasteiger partial charge in [0.1, 0.15) is 6.54 Å². The highest BCUT2D eigenvalue weighted by Gasteiger charge is 2.17. The van der Waals surface area contributed by atoms with Gasteiger partial charge in [0, 0.05) is 12.8 Å². The average Bonchev–Trinajstić information content (AvgIpc) is 2.89. The van der Waals surface area contributed by atoms with E-state index >= 15 is 0 Å². The number of halogens is 1. The summed E-state index contributed by atoms with van der Waals surface area (Å²) in [4.78, 5) is 25.4. The van der Waals surface area contributed by atoms with Crippen molar-refractivity contribution in [3.63, 3.8) is 0 Å². The van der Waals surface area contributed by atoms with Gasteiger partial charge >= 0.3 is 5.69 Å². The number of imidazole rings is 1. The highest BCUT2D eigenvalue weighted by Crippen LogP contribution is 2.25. The van der Waals surface area contributed by atoms with E-state index in [1.165, 1.54) is 22.8 Å². The van der Waals surface area contributed by atoms with Crippen LogP contribution in [0.4, 0.5) is 5.69 Å². The molecular formula is C19H20ClN3O4S. The second-order valence-corrected chi connectivity index (χ2v) is 8.89. The van der Waals surface area contributed by atoms with Crippen molar-refractivity contribution in [2.75, 3.05) is 11.6 Å². The number of amides is 1. The summed E-state index contributed by atoms with van der Waals surface area (Å²) < 4.78 is 26.5. The molecule has 2 aromatic carbocycles. The molecule has 0 aliphatic carbocycles. The molecule has 0 bridgehead atoms. The van der Waals surface area contributed by atoms with Gasteiger partial charge in [-0.15, -0.1) is 0 Å². The molecule has 1 amide bonds. The maximum absolute atomic E-state index is 12.8. The van der Waals surface area contributed by atoms with Crippen molar-refractivity contribution in [2.45, 2.75) is 31.3 Å². The number of benzene rings is 2. The quantitative estimate of drug-likeness (QED) is 0.662. The van der Waals surface area contributed by atoms with E-state index in [1.54, 1.807) is 16.7 Å². The van der Waals surface area contributed by atoms with Crippen molar-refractivity contribution in [1.82, 2.24) is 9.13 Å². The molecule has 0 aliphatic heterocycles. The van der Waals surface area contributed by atoms with Crippen molar-refractivity contribution in [2.24, 2.45) is 0 Å². The van der Waals surface area contributed by atoms with Crippen molar-refractivity contribution >= 4 is 44.1 Å². The summed E-state index contributed by atoms with van der Waals surface area (Å²) in [5.41, 5.74) is 1.33. The Balaban J connectivity index is 1.93. The molecule has 0 spiro atoms. The van der Waals surface area contributed by atoms with Crippen LogP contribution in [-0.2, 0) is 27.7 Å². The first-order chi connectivity index (χ1) is 13.2. The van der Waals surface area contributed by atoms with Crippen LogP contribution in [0, 0.1) is 0 Å². The Kier molecular flexibility index (Phi) is 5.62. The van der Waals surface area contributed by atoms with Gasteiger partial charge in [0.05, 0.1) is 26.6 Å². The monoisotopic (exact) mass is 421 g/mol. The van der Waals surface area contributed by atoms with Gasteiger partial charge < -0.3 is 5.32 Å². The molecular weight excluding hydrogens is 402 g/mol. The van der Waals surface area contributed by atoms with E-state index in [4.69, 9.17) is 11.6 Å². The third-order valence-electron chi connectivity index (χ3n) is 4.31. The van der Waals surface area contributed by atoms with Gasteiger partial charge in [-0.3, -0.25) is 13.9 Å². The maximum Gasteiger partial charge on any atom is 0.329 e. The van der Waals surface area contributed by atoms with E-state index < -0.39 is 15.7 Å². The lowest BCUT2D eigenvalue weighted by Crippen LogP contribution is -2.29. The molecule has 0 atom stereocenters. The minimum atomic E-state index is -3.44. The molecule has 9 heteroatoms. The number of carbonyl (C=O) groups excluding carboxylic acids is 1. The highest BCUT2D eigenvalue weighted by atomic mass is 35.5. The number of nitrogens with one attached hydrogen (secondary N) is 1. The summed E-state index contributed by atoms with van der Waals surface area (Å²) in [7, 11) is -3.44. The number of carbonyl (C=O) groups is 1. The van der Waals surface area contributed by atoms with Gasteiger partial charge in [0.15, 0.2) is 9.84 Å². The summed E-state index contributed by atoms with van der Waals surface area (Å²) >= 11 is 6.08. The largest absolute Gasteiger partial charge is 0.329 e. The van der Waals surface area contributed by atoms with Crippen LogP contribution >= 0.6 is 11.6 Å². The Morgan fingerprint density at radius 2 is 1.75 bits per heavy atom. The molecule has 0 saturated heterocycles. The van der Waals surface area contributed by atoms with E-state index in [-0.39, 0.29) is 27.8 Å². The van der Waals surface area contributed by atoms with Crippen LogP contribution in [-0.4, -0.2) is 29.7 Å². The SMILES string of the molecule is CCCn1c(=O)n(CC(=O)Nc2cc(S(C)(=O)=O)ccc2Cl)c2ccccc21. The Hall–Kier alpha value is -2.58. The molecule has 0 fully saturated rings. The zero-order chi connectivity index (χ0) is 20.5. The van der Waals surface area contributed by atoms with Gasteiger partial charge in [0.2, 0.25) is 5.91 Å². The van der Waals surface area contributed by atoms with Crippen LogP contribution in [0.2, 0.25) is 5.02 Å². The zero-order valence-corrected chi connectivity index (χ0v) is 17.0. The van der Waals surface area contributed by atoms with Crippen LogP contribution in [0.25, 0.3) is 11.0 Å². The molecule has 1 aromatic heterocycles. The van der Waals surface area contributed by atoms with Gasteiger partial charge in [-0.2, -0.15) is 0 Å². The molecule has 0 aliphatic rings. The molecule has 0 radical (unpaired) electrons. The topological polar surface area (TPSA) is 90.2 Å². The molecule has 3 aromatic rings. The van der Waals surface area contributed by atoms with Gasteiger partial charge in [-0.1, -0.05) is 30.7 Å². The minimum Gasteiger partial charge on any atom is -0.323 e. The average molecular weight is 422 g/mol. The van der Waals surface area contributed by atoms with Crippen LogP contribution < -0.4 is 11.0 Å². The summed E-state index contributed by atoms with van der Waals surface area (Å²) in [6, 6.07) is 11.4. The number of sulfone groups is 1. The third-order valence-corrected chi connectivity index (χ3v) is 5.75. The summed E-state index contributed by atoms with van der Waals surface area (Å²) in [5.74, 6) is -0.478. The van der Waals surface area contributed by atoms with Crippen LogP contribution in [0.5, 0.6) is 0 Å². The molecule has 0 saturated carbocycles. The predicted octanol–water partition coefficient (Wildman–Crippen LogP) is 2.91. The number of aryl methyl sites for hydroxylation is 1. The van der Waals surface area contributed by atoms with Crippen LogP contribution in [0.15, 0.2) is 52.2 Å². The standard InChI is InChI=1S/C19H20ClN3O4S/c1-3-10-22-16-6-4-5-7-17(16)23(19(22)25)12-18(24)21-15-11-13(28(2,26)27)8-9-14(15)20/h4-9,11H,3,10,12H2,1-2H3,(H,21,24). The van der Waals surface area contributed by atoms with E-state index in [0.717, 1.165) is 18.2 Å². The predicted molar refractivity (Wildman–Crippen MR) is 110 cm³/mol. The van der Waals surface area contributed by atoms with Crippen molar-refractivity contribution in [1.29, 1.82) is 0 Å². The van der Waals surface area contributed by atoms with Gasteiger partial charge in [0.25, 0.3) is 0 Å². The minimum absolute atomic E-state index is 0.0453. The second kappa shape index (κ2) is 7.81. The molecule has 28 heavy (non-hydrogen) atoms. The van der Waals surface area contributed by atoms with Crippen molar-refractivity contribution < 1.29 is 13.2 Å². The number of hydrogen-bond acceptors (Lipinski definition) is 4. The number of rotatable bonds is 6. The first-order valence-electron chi connectivity index (χ1n) is 8.70. The Morgan fingerprint density at radius 3 is 2.36 bits per heavy atom. The first kappa shape index (κ1) is 20.2. The summed E-state index contributed by atoms with van der Waals surface area (Å²) in [6.07, 6.45) is 1.86. The van der Waals surface area contributed by atoms with Crippen LogP contribution in [0.3, 0.4) is 0 Å². The molecule has 3 rings (SSSR count). The van der Waals surface area contributed by atoms with Gasteiger partial charge in [-0.05, 0) is 36.8 Å². The van der Waals surface area contributed by atoms with E-state index in [2.05, 4.69) is 5.32 Å². The summed E-state index contributed by atoms with van der Waals surface area (Å²) in [5, 5.41) is 2.81. The fourth-order valence-electron chi connectivity index (χ4n) is 3.03. The fourth-order valence-corrected chi connectivity index (χ4v) is 3.84. The lowest BCUT2D eigenvalue weighted by atomic mass is 10.3. The third kappa shape index (κ3) is 3.98. The fraction of sp³-hybridized carbons (Fsp3) is 0.263. The number of hydrogen-bond donors (Lipinski definition) is 1. The van der Waals surface area contributed by atoms with E-state index in [1.807, 2.05) is 19.1 Å². The first-order valence-corrected chi connectivity index (χ1v) is 11.0. The van der Waals surface area contributed by atoms with Crippen molar-refractivity contribution in [3.8, 4) is 0 Å². The number of para-hydroxylation sites is 2. The number of fused-ring (bicyclic) bond motifs is 1. The molecule has 1 N–H and O–H groups in total. The Labute approximate surface area is 167 Å². The number of nitrogens with zero attached hydrogens (tertiary/aromatic N) is 2. The number of anilines is 1. The lowest BCUT2D eigenvalue weighted by Gasteiger charge is -2.09. The number of aromatic nitrogens is 2. The van der Waals surface area contributed by atoms with Crippen molar-refractivity contribution in [3.05, 3.63) is 58.0 Å². The second-order valence-electron chi connectivity index (χ2n) is 6.47. The molecule has 7 nitrogen and oxygen atoms in total. The van der Waals surface area contributed by atoms with E-state index in [0.29, 0.717) is 12.1 Å².